The Morgan fingerprint density at radius 3 is 2.42 bits per heavy atom. The predicted octanol–water partition coefficient (Wildman–Crippen LogP) is 4.03. The van der Waals surface area contributed by atoms with Gasteiger partial charge in [0, 0.05) is 28.8 Å². The highest BCUT2D eigenvalue weighted by molar-refractivity contribution is 9.10. The van der Waals surface area contributed by atoms with Gasteiger partial charge >= 0.3 is 0 Å². The lowest BCUT2D eigenvalue weighted by Crippen LogP contribution is -2.23. The van der Waals surface area contributed by atoms with E-state index in [9.17, 15) is 13.2 Å². The number of halogens is 2. The second-order valence-corrected chi connectivity index (χ2v) is 8.35. The normalized spacial score (nSPS) is 14.9. The van der Waals surface area contributed by atoms with Crippen LogP contribution in [-0.4, -0.2) is 20.9 Å². The van der Waals surface area contributed by atoms with Crippen LogP contribution in [0.15, 0.2) is 51.8 Å². The molecule has 0 radical (unpaired) electrons. The summed E-state index contributed by atoms with van der Waals surface area (Å²) in [5.74, 6) is 0.0879. The lowest BCUT2D eigenvalue weighted by molar-refractivity contribution is -0.117. The SMILES string of the molecule is O=C1CCCN1c1ccc(NS(=O)(=O)c2ccc(Br)cc2Cl)cc1. The summed E-state index contributed by atoms with van der Waals surface area (Å²) in [7, 11) is -3.79. The lowest BCUT2D eigenvalue weighted by atomic mass is 10.2. The molecule has 1 N–H and O–H groups in total. The first-order valence-electron chi connectivity index (χ1n) is 7.25. The lowest BCUT2D eigenvalue weighted by Gasteiger charge is -2.16. The van der Waals surface area contributed by atoms with E-state index in [0.717, 1.165) is 12.1 Å². The topological polar surface area (TPSA) is 66.5 Å². The molecule has 126 valence electrons. The minimum absolute atomic E-state index is 0.00571. The van der Waals surface area contributed by atoms with Gasteiger partial charge in [-0.1, -0.05) is 27.5 Å². The first kappa shape index (κ1) is 17.3. The van der Waals surface area contributed by atoms with Gasteiger partial charge in [-0.3, -0.25) is 9.52 Å². The van der Waals surface area contributed by atoms with Crippen LogP contribution < -0.4 is 9.62 Å². The van der Waals surface area contributed by atoms with Crippen LogP contribution in [0, 0.1) is 0 Å². The maximum Gasteiger partial charge on any atom is 0.263 e. The van der Waals surface area contributed by atoms with Gasteiger partial charge in [0.1, 0.15) is 4.90 Å². The van der Waals surface area contributed by atoms with Crippen molar-refractivity contribution < 1.29 is 13.2 Å². The molecule has 1 aliphatic heterocycles. The number of sulfonamides is 1. The van der Waals surface area contributed by atoms with Gasteiger partial charge in [0.2, 0.25) is 5.91 Å². The fourth-order valence-corrected chi connectivity index (χ4v) is 4.63. The fourth-order valence-electron chi connectivity index (χ4n) is 2.53. The number of anilines is 2. The number of carbonyl (C=O) groups is 1. The van der Waals surface area contributed by atoms with Crippen LogP contribution in [0.2, 0.25) is 5.02 Å². The Balaban J connectivity index is 1.81. The highest BCUT2D eigenvalue weighted by Crippen LogP contribution is 2.28. The fraction of sp³-hybridized carbons (Fsp3) is 0.188. The molecule has 1 amide bonds. The average Bonchev–Trinajstić information content (AvgIpc) is 2.93. The molecule has 24 heavy (non-hydrogen) atoms. The third-order valence-electron chi connectivity index (χ3n) is 3.69. The van der Waals surface area contributed by atoms with E-state index in [4.69, 9.17) is 11.6 Å². The highest BCUT2D eigenvalue weighted by atomic mass is 79.9. The quantitative estimate of drug-likeness (QED) is 0.798. The molecule has 2 aromatic carbocycles. The largest absolute Gasteiger partial charge is 0.312 e. The van der Waals surface area contributed by atoms with Crippen molar-refractivity contribution in [2.24, 2.45) is 0 Å². The summed E-state index contributed by atoms with van der Waals surface area (Å²) in [5.41, 5.74) is 1.17. The van der Waals surface area contributed by atoms with Crippen molar-refractivity contribution in [1.29, 1.82) is 0 Å². The summed E-state index contributed by atoms with van der Waals surface area (Å²) in [6, 6.07) is 11.3. The van der Waals surface area contributed by atoms with Gasteiger partial charge in [0.25, 0.3) is 10.0 Å². The van der Waals surface area contributed by atoms with Gasteiger partial charge in [-0.05, 0) is 48.9 Å². The van der Waals surface area contributed by atoms with E-state index in [1.165, 1.54) is 12.1 Å². The summed E-state index contributed by atoms with van der Waals surface area (Å²) < 4.78 is 28.1. The van der Waals surface area contributed by atoms with Crippen molar-refractivity contribution in [3.63, 3.8) is 0 Å². The first-order valence-corrected chi connectivity index (χ1v) is 9.90. The maximum atomic E-state index is 12.5. The number of nitrogens with one attached hydrogen (secondary N) is 1. The third kappa shape index (κ3) is 3.58. The van der Waals surface area contributed by atoms with Crippen LogP contribution in [0.5, 0.6) is 0 Å². The molecule has 5 nitrogen and oxygen atoms in total. The third-order valence-corrected chi connectivity index (χ3v) is 6.05. The molecule has 0 atom stereocenters. The minimum Gasteiger partial charge on any atom is -0.312 e. The van der Waals surface area contributed by atoms with Gasteiger partial charge in [-0.25, -0.2) is 8.42 Å². The van der Waals surface area contributed by atoms with Crippen molar-refractivity contribution in [2.75, 3.05) is 16.2 Å². The molecule has 1 fully saturated rings. The first-order chi connectivity index (χ1) is 11.4. The Morgan fingerprint density at radius 1 is 1.12 bits per heavy atom. The molecule has 0 unspecified atom stereocenters. The summed E-state index contributed by atoms with van der Waals surface area (Å²) in [5, 5.41) is 0.135. The summed E-state index contributed by atoms with van der Waals surface area (Å²) in [6.07, 6.45) is 1.39. The molecular formula is C16H14BrClN2O3S. The van der Waals surface area contributed by atoms with Gasteiger partial charge in [-0.15, -0.1) is 0 Å². The van der Waals surface area contributed by atoms with E-state index in [2.05, 4.69) is 20.7 Å². The van der Waals surface area contributed by atoms with Crippen molar-refractivity contribution in [3.8, 4) is 0 Å². The van der Waals surface area contributed by atoms with Gasteiger partial charge < -0.3 is 4.90 Å². The van der Waals surface area contributed by atoms with Gasteiger partial charge in [0.15, 0.2) is 0 Å². The molecule has 0 bridgehead atoms. The molecule has 0 spiro atoms. The zero-order chi connectivity index (χ0) is 17.3. The van der Waals surface area contributed by atoms with E-state index in [1.807, 2.05) is 0 Å². The van der Waals surface area contributed by atoms with E-state index in [-0.39, 0.29) is 15.8 Å². The molecular weight excluding hydrogens is 416 g/mol. The number of hydrogen-bond acceptors (Lipinski definition) is 3. The van der Waals surface area contributed by atoms with Crippen LogP contribution in [0.4, 0.5) is 11.4 Å². The Bertz CT molecular complexity index is 885. The van der Waals surface area contributed by atoms with Crippen LogP contribution in [0.25, 0.3) is 0 Å². The number of carbonyl (C=O) groups excluding carboxylic acids is 1. The second kappa shape index (κ2) is 6.74. The highest BCUT2D eigenvalue weighted by Gasteiger charge is 2.22. The molecule has 0 aromatic heterocycles. The number of benzene rings is 2. The van der Waals surface area contributed by atoms with Crippen LogP contribution in [-0.2, 0) is 14.8 Å². The van der Waals surface area contributed by atoms with E-state index < -0.39 is 10.0 Å². The number of nitrogens with zero attached hydrogens (tertiary/aromatic N) is 1. The molecule has 1 aliphatic rings. The van der Waals surface area contributed by atoms with Crippen LogP contribution in [0.1, 0.15) is 12.8 Å². The summed E-state index contributed by atoms with van der Waals surface area (Å²) in [4.78, 5) is 13.4. The standard InChI is InChI=1S/C16H14BrClN2O3S/c17-11-3-8-15(14(18)10-11)24(22,23)19-12-4-6-13(7-5-12)20-9-1-2-16(20)21/h3-8,10,19H,1-2,9H2. The molecule has 2 aromatic rings. The number of amides is 1. The molecule has 1 heterocycles. The summed E-state index contributed by atoms with van der Waals surface area (Å²) >= 11 is 9.26. The maximum absolute atomic E-state index is 12.5. The molecule has 8 heteroatoms. The average molecular weight is 430 g/mol. The number of hydrogen-bond donors (Lipinski definition) is 1. The van der Waals surface area contributed by atoms with Crippen LogP contribution >= 0.6 is 27.5 Å². The van der Waals surface area contributed by atoms with Crippen LogP contribution in [0.3, 0.4) is 0 Å². The summed E-state index contributed by atoms with van der Waals surface area (Å²) in [6.45, 7) is 0.693. The van der Waals surface area contributed by atoms with Crippen molar-refractivity contribution in [3.05, 3.63) is 52.0 Å². The smallest absolute Gasteiger partial charge is 0.263 e. The monoisotopic (exact) mass is 428 g/mol. The second-order valence-electron chi connectivity index (χ2n) is 5.38. The van der Waals surface area contributed by atoms with E-state index in [1.54, 1.807) is 35.2 Å². The minimum atomic E-state index is -3.79. The van der Waals surface area contributed by atoms with E-state index >= 15 is 0 Å². The zero-order valence-corrected chi connectivity index (χ0v) is 15.7. The van der Waals surface area contributed by atoms with E-state index in [0.29, 0.717) is 23.1 Å². The van der Waals surface area contributed by atoms with Gasteiger partial charge in [0.05, 0.1) is 5.02 Å². The molecule has 1 saturated heterocycles. The molecule has 3 rings (SSSR count). The predicted molar refractivity (Wildman–Crippen MR) is 98.0 cm³/mol. The number of rotatable bonds is 4. The Labute approximate surface area is 153 Å². The van der Waals surface area contributed by atoms with Gasteiger partial charge in [-0.2, -0.15) is 0 Å². The van der Waals surface area contributed by atoms with Crippen molar-refractivity contribution in [2.45, 2.75) is 17.7 Å². The van der Waals surface area contributed by atoms with Crippen molar-refractivity contribution >= 4 is 54.8 Å². The Hall–Kier alpha value is -1.57. The molecule has 0 saturated carbocycles. The Morgan fingerprint density at radius 2 is 1.83 bits per heavy atom. The Kier molecular flexibility index (Phi) is 4.85. The van der Waals surface area contributed by atoms with Crippen molar-refractivity contribution in [1.82, 2.24) is 0 Å². The zero-order valence-electron chi connectivity index (χ0n) is 12.5. The molecule has 0 aliphatic carbocycles.